The highest BCUT2D eigenvalue weighted by atomic mass is 35.5. The molecule has 5 N–H and O–H groups in total. The van der Waals surface area contributed by atoms with Gasteiger partial charge in [-0.2, -0.15) is 0 Å². The molecule has 11 atom stereocenters. The van der Waals surface area contributed by atoms with Crippen LogP contribution in [0, 0.1) is 11.8 Å². The summed E-state index contributed by atoms with van der Waals surface area (Å²) in [5.41, 5.74) is 0. The molecule has 21 nitrogen and oxygen atoms in total. The lowest BCUT2D eigenvalue weighted by Gasteiger charge is -2.40. The number of aldehydes is 1. The Labute approximate surface area is 423 Å². The predicted molar refractivity (Wildman–Crippen MR) is 255 cm³/mol. The molecule has 2 saturated heterocycles. The van der Waals surface area contributed by atoms with Gasteiger partial charge in [-0.15, -0.1) is 0 Å². The third kappa shape index (κ3) is 30.6. The van der Waals surface area contributed by atoms with Crippen molar-refractivity contribution < 1.29 is 102 Å². The summed E-state index contributed by atoms with van der Waals surface area (Å²) in [4.78, 5) is 104. The fraction of sp³-hybridized carbons (Fsp3) is 0.816. The number of carbonyl (C=O) groups excluding carboxylic acids is 9. The van der Waals surface area contributed by atoms with Crippen LogP contribution in [-0.2, 0) is 76.3 Å². The molecule has 0 aliphatic carbocycles. The molecule has 0 aromatic carbocycles. The van der Waals surface area contributed by atoms with Crippen molar-refractivity contribution in [1.29, 1.82) is 0 Å². The van der Waals surface area contributed by atoms with Crippen LogP contribution >= 0.6 is 11.6 Å². The molecule has 2 rings (SSSR count). The minimum atomic E-state index is -1.64. The molecule has 2 aliphatic heterocycles. The summed E-state index contributed by atoms with van der Waals surface area (Å²) in [6, 6.07) is 0. The second kappa shape index (κ2) is 41.5. The highest BCUT2D eigenvalue weighted by Gasteiger charge is 2.48. The first-order valence-corrected chi connectivity index (χ1v) is 25.3. The Bertz CT molecular complexity index is 1510. The van der Waals surface area contributed by atoms with Crippen molar-refractivity contribution in [3.8, 4) is 0 Å². The third-order valence-electron chi connectivity index (χ3n) is 10.3. The van der Waals surface area contributed by atoms with E-state index in [1.165, 1.54) is 0 Å². The van der Waals surface area contributed by atoms with Crippen molar-refractivity contribution in [1.82, 2.24) is 0 Å². The lowest BCUT2D eigenvalue weighted by Crippen LogP contribution is -2.54. The molecule has 0 saturated carbocycles. The highest BCUT2D eigenvalue weighted by Crippen LogP contribution is 2.32. The van der Waals surface area contributed by atoms with Crippen LogP contribution < -0.4 is 0 Å². The first-order chi connectivity index (χ1) is 33.7. The van der Waals surface area contributed by atoms with E-state index in [0.717, 1.165) is 6.42 Å². The monoisotopic (exact) mass is 1040 g/mol. The number of esters is 5. The zero-order valence-corrected chi connectivity index (χ0v) is 43.7. The second-order valence-electron chi connectivity index (χ2n) is 16.9. The predicted octanol–water partition coefficient (Wildman–Crippen LogP) is 4.43. The Hall–Kier alpha value is -3.96. The highest BCUT2D eigenvalue weighted by molar-refractivity contribution is 6.63. The van der Waals surface area contributed by atoms with Gasteiger partial charge < -0.3 is 63.5 Å². The molecule has 2 fully saturated rings. The number of hydrogen-bond acceptors (Lipinski definition) is 21. The molecule has 71 heavy (non-hydrogen) atoms. The SMILES string of the molecule is CCCC(=O)C[C@H]1C(O)OC[C@@H](OC(=O)CCC)[C@@H]1OC(=O)CCC.CCCC(=O)C[C@H]1C(OC(=O)CCC)OC[C@@H](OC(=O)CCC)[C@@H]1OC(=O)CCC.CCCC(=O)Cl.O=C[C@H](O)[C@@H](O)[C@H](O)CO. The Kier molecular flexibility index (Phi) is 40.4. The molecule has 2 aliphatic rings. The number of rotatable bonds is 29. The van der Waals surface area contributed by atoms with Gasteiger partial charge in [-0.25, -0.2) is 0 Å². The molecule has 0 amide bonds. The Morgan fingerprint density at radius 3 is 1.24 bits per heavy atom. The average molecular weight is 1040 g/mol. The molecule has 412 valence electrons. The van der Waals surface area contributed by atoms with Gasteiger partial charge in [-0.05, 0) is 63.0 Å². The van der Waals surface area contributed by atoms with E-state index in [9.17, 15) is 48.3 Å². The number of carbonyl (C=O) groups is 9. The van der Waals surface area contributed by atoms with Crippen molar-refractivity contribution in [3.05, 3.63) is 0 Å². The number of ether oxygens (including phenoxy) is 7. The number of ketones is 2. The van der Waals surface area contributed by atoms with E-state index in [-0.39, 0.29) is 81.3 Å². The van der Waals surface area contributed by atoms with E-state index in [2.05, 4.69) is 0 Å². The summed E-state index contributed by atoms with van der Waals surface area (Å²) in [6.07, 6.45) is -2.76. The van der Waals surface area contributed by atoms with Gasteiger partial charge in [0.25, 0.3) is 0 Å². The van der Waals surface area contributed by atoms with Gasteiger partial charge in [0.15, 0.2) is 30.9 Å². The molecule has 0 radical (unpaired) electrons. The molecule has 0 aromatic heterocycles. The van der Waals surface area contributed by atoms with Crippen LogP contribution in [-0.4, -0.2) is 154 Å². The topological polar surface area (TPSA) is 319 Å². The first-order valence-electron chi connectivity index (χ1n) is 24.9. The van der Waals surface area contributed by atoms with Crippen molar-refractivity contribution >= 4 is 64.5 Å². The summed E-state index contributed by atoms with van der Waals surface area (Å²) in [6.45, 7) is 14.1. The number of aliphatic hydroxyl groups is 5. The second-order valence-corrected chi connectivity index (χ2v) is 17.3. The average Bonchev–Trinajstić information content (AvgIpc) is 3.30. The van der Waals surface area contributed by atoms with E-state index in [1.807, 2.05) is 55.4 Å². The zero-order valence-electron chi connectivity index (χ0n) is 42.9. The van der Waals surface area contributed by atoms with Crippen molar-refractivity contribution in [2.24, 2.45) is 11.8 Å². The van der Waals surface area contributed by atoms with E-state index in [4.69, 9.17) is 65.2 Å². The number of Topliss-reactive ketones (excluding diaryl/α,β-unsaturated/α-hetero) is 2. The quantitative estimate of drug-likeness (QED) is 0.0299. The third-order valence-corrected chi connectivity index (χ3v) is 10.5. The summed E-state index contributed by atoms with van der Waals surface area (Å²) < 4.78 is 38.4. The van der Waals surface area contributed by atoms with Gasteiger partial charge in [-0.3, -0.25) is 38.4 Å². The van der Waals surface area contributed by atoms with Gasteiger partial charge in [-0.1, -0.05) is 55.4 Å². The minimum Gasteiger partial charge on any atom is -0.458 e. The molecule has 0 bridgehead atoms. The van der Waals surface area contributed by atoms with E-state index >= 15 is 0 Å². The van der Waals surface area contributed by atoms with Crippen LogP contribution in [0.5, 0.6) is 0 Å². The van der Waals surface area contributed by atoms with E-state index in [1.54, 1.807) is 0 Å². The van der Waals surface area contributed by atoms with Gasteiger partial charge in [0.1, 0.15) is 36.0 Å². The van der Waals surface area contributed by atoms with E-state index < -0.39 is 104 Å². The van der Waals surface area contributed by atoms with Crippen molar-refractivity contribution in [3.63, 3.8) is 0 Å². The van der Waals surface area contributed by atoms with Gasteiger partial charge in [0, 0.05) is 64.2 Å². The fourth-order valence-electron chi connectivity index (χ4n) is 6.75. The molecule has 0 spiro atoms. The number of halogens is 1. The van der Waals surface area contributed by atoms with Crippen LogP contribution in [0.25, 0.3) is 0 Å². The summed E-state index contributed by atoms with van der Waals surface area (Å²) in [5, 5.41) is 44.0. The molecule has 2 heterocycles. The summed E-state index contributed by atoms with van der Waals surface area (Å²) in [7, 11) is 0. The van der Waals surface area contributed by atoms with Crippen LogP contribution in [0.1, 0.15) is 171 Å². The fourth-order valence-corrected chi connectivity index (χ4v) is 6.94. The Balaban J connectivity index is 0. The molecular weight excluding hydrogens is 960 g/mol. The molecule has 22 heteroatoms. The molecular formula is C49H83ClO21. The van der Waals surface area contributed by atoms with Crippen molar-refractivity contribution in [2.45, 2.75) is 226 Å². The lowest BCUT2D eigenvalue weighted by molar-refractivity contribution is -0.255. The first kappa shape index (κ1) is 69.1. The smallest absolute Gasteiger partial charge is 0.308 e. The Morgan fingerprint density at radius 2 is 0.887 bits per heavy atom. The largest absolute Gasteiger partial charge is 0.458 e. The van der Waals surface area contributed by atoms with Crippen LogP contribution in [0.15, 0.2) is 0 Å². The maximum absolute atomic E-state index is 12.4. The van der Waals surface area contributed by atoms with Gasteiger partial charge in [0.2, 0.25) is 11.5 Å². The lowest BCUT2D eigenvalue weighted by atomic mass is 9.88. The maximum Gasteiger partial charge on any atom is 0.308 e. The van der Waals surface area contributed by atoms with Crippen molar-refractivity contribution in [2.75, 3.05) is 19.8 Å². The Morgan fingerprint density at radius 1 is 0.535 bits per heavy atom. The van der Waals surface area contributed by atoms with Crippen LogP contribution in [0.2, 0.25) is 0 Å². The van der Waals surface area contributed by atoms with Crippen LogP contribution in [0.4, 0.5) is 0 Å². The molecule has 0 aromatic rings. The van der Waals surface area contributed by atoms with Crippen LogP contribution in [0.3, 0.4) is 0 Å². The molecule has 2 unspecified atom stereocenters. The zero-order chi connectivity index (χ0) is 54.5. The minimum absolute atomic E-state index is 0.00378. The standard InChI is InChI=1S/C22H36O8.C18H30O7.C5H10O5.C4H7ClO/c1-5-9-15(23)13-16-21(29-19(25)11-7-3)17(28-18(24)10-6-2)14-27-22(16)30-20(26)12-8-4;1-4-7-12(19)10-13-17(25-16(21)9-6-3)14(11-23-18(13)22)24-15(20)8-5-2;6-1-3(8)5(10)4(9)2-7;1-2-3-4(5)6/h16-17,21-22H,5-14H2,1-4H3;13-14,17-18,22H,4-11H2,1-3H3;1,3-5,7-10H,2H2;2-3H2,1H3/t16-,17-,21-,22?;13-,14-,17-,18?;3-,4+,5+;/m110./s1. The summed E-state index contributed by atoms with van der Waals surface area (Å²) >= 11 is 4.94. The maximum atomic E-state index is 12.4. The summed E-state index contributed by atoms with van der Waals surface area (Å²) in [5.74, 6) is -3.77. The van der Waals surface area contributed by atoms with Gasteiger partial charge >= 0.3 is 29.8 Å². The number of hydrogen-bond donors (Lipinski definition) is 5. The van der Waals surface area contributed by atoms with E-state index in [0.29, 0.717) is 64.2 Å². The normalized spacial score (nSPS) is 22.6. The number of aliphatic hydroxyl groups excluding tert-OH is 5. The van der Waals surface area contributed by atoms with Gasteiger partial charge in [0.05, 0.1) is 31.7 Å².